The zero-order valence-electron chi connectivity index (χ0n) is 16.2. The van der Waals surface area contributed by atoms with E-state index in [1.54, 1.807) is 25.2 Å². The lowest BCUT2D eigenvalue weighted by Crippen LogP contribution is -2.38. The molecule has 0 aliphatic heterocycles. The number of alkyl halides is 6. The van der Waals surface area contributed by atoms with Gasteiger partial charge in [0, 0.05) is 31.1 Å². The number of anilines is 1. The molecule has 1 aromatic carbocycles. The highest BCUT2D eigenvalue weighted by molar-refractivity contribution is 5.90. The molecule has 7 nitrogen and oxygen atoms in total. The summed E-state index contributed by atoms with van der Waals surface area (Å²) in [5.74, 6) is -0.506. The molecule has 0 saturated carbocycles. The molecule has 0 fully saturated rings. The topological polar surface area (TPSA) is 75.9 Å². The van der Waals surface area contributed by atoms with Crippen LogP contribution in [0.4, 0.5) is 32.2 Å². The van der Waals surface area contributed by atoms with Crippen LogP contribution in [-0.4, -0.2) is 32.7 Å². The third kappa shape index (κ3) is 5.62. The van der Waals surface area contributed by atoms with Crippen molar-refractivity contribution in [1.82, 2.24) is 25.2 Å². The molecule has 1 amide bonds. The summed E-state index contributed by atoms with van der Waals surface area (Å²) in [5.41, 5.74) is -0.948. The molecule has 2 heterocycles. The Hall–Kier alpha value is -3.90. The van der Waals surface area contributed by atoms with Gasteiger partial charge in [-0.1, -0.05) is 6.07 Å². The van der Waals surface area contributed by atoms with Crippen molar-refractivity contribution in [2.24, 2.45) is 0 Å². The monoisotopic (exact) mass is 456 g/mol. The van der Waals surface area contributed by atoms with Gasteiger partial charge in [0.2, 0.25) is 0 Å². The molecule has 0 saturated heterocycles. The van der Waals surface area contributed by atoms with Crippen LogP contribution in [0.2, 0.25) is 0 Å². The number of nitrogens with one attached hydrogen (secondary N) is 1. The molecule has 13 heteroatoms. The molecule has 1 N–H and O–H groups in total. The minimum absolute atomic E-state index is 0.0167. The molecule has 3 aromatic rings. The molecule has 0 atom stereocenters. The maximum atomic E-state index is 13.0. The first-order valence-corrected chi connectivity index (χ1v) is 8.78. The highest BCUT2D eigenvalue weighted by Crippen LogP contribution is 2.38. The number of hydrogen-bond acceptors (Lipinski definition) is 5. The Bertz CT molecular complexity index is 1090. The Labute approximate surface area is 177 Å². The van der Waals surface area contributed by atoms with E-state index >= 15 is 0 Å². The minimum Gasteiger partial charge on any atom is -0.271 e. The van der Waals surface area contributed by atoms with Gasteiger partial charge in [0.25, 0.3) is 5.91 Å². The third-order valence-electron chi connectivity index (χ3n) is 4.00. The van der Waals surface area contributed by atoms with E-state index in [0.717, 1.165) is 23.3 Å². The lowest BCUT2D eigenvalue weighted by molar-refractivity contribution is -0.143. The molecule has 0 spiro atoms. The number of aromatic nitrogens is 4. The molecule has 3 rings (SSSR count). The minimum atomic E-state index is -4.99. The summed E-state index contributed by atoms with van der Waals surface area (Å²) in [7, 11) is 1.55. The first-order valence-electron chi connectivity index (χ1n) is 8.78. The second-order valence-electron chi connectivity index (χ2n) is 6.38. The van der Waals surface area contributed by atoms with E-state index in [1.807, 2.05) is 0 Å². The van der Waals surface area contributed by atoms with Crippen molar-refractivity contribution in [2.45, 2.75) is 12.4 Å². The molecule has 0 aliphatic rings. The number of pyridine rings is 1. The standard InChI is InChI=1S/C19H14F6N6O/c1-30(15-4-2-3-6-26-15)28-16(32)5-7-31-11-27-17(29-31)12-8-13(18(20,21)22)10-14(9-12)19(23,24)25/h2-11H,1H3,(H,28,32)/b7-5-. The van der Waals surface area contributed by atoms with Crippen molar-refractivity contribution in [3.05, 3.63) is 66.1 Å². The molecular weight excluding hydrogens is 442 g/mol. The quantitative estimate of drug-likeness (QED) is 0.357. The van der Waals surface area contributed by atoms with Gasteiger partial charge in [-0.05, 0) is 30.3 Å². The van der Waals surface area contributed by atoms with Crippen molar-refractivity contribution in [2.75, 3.05) is 12.1 Å². The lowest BCUT2D eigenvalue weighted by Gasteiger charge is -2.17. The van der Waals surface area contributed by atoms with Gasteiger partial charge in [-0.3, -0.25) is 15.2 Å². The van der Waals surface area contributed by atoms with Crippen molar-refractivity contribution >= 4 is 17.9 Å². The van der Waals surface area contributed by atoms with Crippen LogP contribution in [0.1, 0.15) is 11.1 Å². The molecule has 0 bridgehead atoms. The Balaban J connectivity index is 1.79. The predicted octanol–water partition coefficient (Wildman–Crippen LogP) is 4.02. The van der Waals surface area contributed by atoms with Gasteiger partial charge in [-0.15, -0.1) is 5.10 Å². The number of benzene rings is 1. The van der Waals surface area contributed by atoms with E-state index in [1.165, 1.54) is 11.2 Å². The predicted molar refractivity (Wildman–Crippen MR) is 102 cm³/mol. The number of rotatable bonds is 5. The highest BCUT2D eigenvalue weighted by atomic mass is 19.4. The number of hydrazine groups is 1. The number of carbonyl (C=O) groups excluding carboxylic acids is 1. The van der Waals surface area contributed by atoms with Crippen LogP contribution in [0.3, 0.4) is 0 Å². The summed E-state index contributed by atoms with van der Waals surface area (Å²) in [4.78, 5) is 19.8. The number of hydrogen-bond donors (Lipinski definition) is 1. The van der Waals surface area contributed by atoms with Crippen LogP contribution in [0.25, 0.3) is 17.6 Å². The van der Waals surface area contributed by atoms with Gasteiger partial charge >= 0.3 is 12.4 Å². The molecule has 32 heavy (non-hydrogen) atoms. The van der Waals surface area contributed by atoms with Gasteiger partial charge < -0.3 is 0 Å². The van der Waals surface area contributed by atoms with Gasteiger partial charge in [0.05, 0.1) is 11.1 Å². The fourth-order valence-corrected chi connectivity index (χ4v) is 2.52. The lowest BCUT2D eigenvalue weighted by atomic mass is 10.0. The zero-order valence-corrected chi connectivity index (χ0v) is 16.2. The fourth-order valence-electron chi connectivity index (χ4n) is 2.52. The second-order valence-corrected chi connectivity index (χ2v) is 6.38. The van der Waals surface area contributed by atoms with Crippen LogP contribution in [-0.2, 0) is 17.1 Å². The Kier molecular flexibility index (Phi) is 6.18. The SMILES string of the molecule is CN(NC(=O)/C=C\n1cnc(-c2cc(C(F)(F)F)cc(C(F)(F)F)c2)n1)c1ccccn1. The van der Waals surface area contributed by atoms with Crippen molar-refractivity contribution in [3.8, 4) is 11.4 Å². The normalized spacial score (nSPS) is 12.2. The van der Waals surface area contributed by atoms with E-state index in [0.29, 0.717) is 18.0 Å². The van der Waals surface area contributed by atoms with Crippen molar-refractivity contribution in [1.29, 1.82) is 0 Å². The third-order valence-corrected chi connectivity index (χ3v) is 4.00. The fraction of sp³-hybridized carbons (Fsp3) is 0.158. The maximum absolute atomic E-state index is 13.0. The summed E-state index contributed by atoms with van der Waals surface area (Å²) < 4.78 is 79.1. The van der Waals surface area contributed by atoms with Crippen LogP contribution in [0, 0.1) is 0 Å². The van der Waals surface area contributed by atoms with Gasteiger partial charge in [0.1, 0.15) is 12.1 Å². The average molecular weight is 456 g/mol. The van der Waals surface area contributed by atoms with E-state index in [-0.39, 0.29) is 11.9 Å². The highest BCUT2D eigenvalue weighted by Gasteiger charge is 2.37. The smallest absolute Gasteiger partial charge is 0.271 e. The van der Waals surface area contributed by atoms with E-state index in [2.05, 4.69) is 20.5 Å². The van der Waals surface area contributed by atoms with Gasteiger partial charge in [-0.25, -0.2) is 14.6 Å². The van der Waals surface area contributed by atoms with Gasteiger partial charge in [-0.2, -0.15) is 26.3 Å². The summed E-state index contributed by atoms with van der Waals surface area (Å²) >= 11 is 0. The summed E-state index contributed by atoms with van der Waals surface area (Å²) in [6.45, 7) is 0. The Morgan fingerprint density at radius 2 is 1.69 bits per heavy atom. The van der Waals surface area contributed by atoms with Crippen LogP contribution >= 0.6 is 0 Å². The summed E-state index contributed by atoms with van der Waals surface area (Å²) in [6, 6.07) is 6.13. The van der Waals surface area contributed by atoms with Crippen molar-refractivity contribution in [3.63, 3.8) is 0 Å². The number of amides is 1. The summed E-state index contributed by atoms with van der Waals surface area (Å²) in [6.07, 6.45) is -5.23. The molecule has 168 valence electrons. The first kappa shape index (κ1) is 22.8. The molecule has 2 aromatic heterocycles. The maximum Gasteiger partial charge on any atom is 0.416 e. The van der Waals surface area contributed by atoms with Crippen molar-refractivity contribution < 1.29 is 31.1 Å². The second kappa shape index (κ2) is 8.69. The summed E-state index contributed by atoms with van der Waals surface area (Å²) in [5, 5.41) is 5.16. The average Bonchev–Trinajstić information content (AvgIpc) is 3.20. The Morgan fingerprint density at radius 1 is 1.03 bits per heavy atom. The number of carbonyl (C=O) groups is 1. The molecule has 0 unspecified atom stereocenters. The first-order chi connectivity index (χ1) is 14.9. The van der Waals surface area contributed by atoms with Crippen LogP contribution in [0.5, 0.6) is 0 Å². The van der Waals surface area contributed by atoms with E-state index < -0.39 is 35.0 Å². The molecule has 0 aliphatic carbocycles. The van der Waals surface area contributed by atoms with Gasteiger partial charge in [0.15, 0.2) is 5.82 Å². The Morgan fingerprint density at radius 3 is 2.25 bits per heavy atom. The van der Waals surface area contributed by atoms with Crippen LogP contribution < -0.4 is 10.4 Å². The zero-order chi connectivity index (χ0) is 23.5. The molecule has 0 radical (unpaired) electrons. The molecular formula is C19H14F6N6O. The van der Waals surface area contributed by atoms with E-state index in [4.69, 9.17) is 0 Å². The van der Waals surface area contributed by atoms with E-state index in [9.17, 15) is 31.1 Å². The largest absolute Gasteiger partial charge is 0.416 e. The number of nitrogens with zero attached hydrogens (tertiary/aromatic N) is 5. The number of halogens is 6. The van der Waals surface area contributed by atoms with Crippen LogP contribution in [0.15, 0.2) is 55.0 Å².